The van der Waals surface area contributed by atoms with E-state index in [1.54, 1.807) is 18.4 Å². The Morgan fingerprint density at radius 2 is 2.14 bits per heavy atom. The number of aromatic amines is 1. The number of ether oxygens (including phenoxy) is 1. The number of nitrogens with zero attached hydrogens (tertiary/aromatic N) is 2. The van der Waals surface area contributed by atoms with Crippen LogP contribution in [0.25, 0.3) is 0 Å². The molecule has 0 aliphatic heterocycles. The van der Waals surface area contributed by atoms with Crippen molar-refractivity contribution in [1.29, 1.82) is 0 Å². The van der Waals surface area contributed by atoms with Crippen LogP contribution in [-0.4, -0.2) is 40.1 Å². The van der Waals surface area contributed by atoms with E-state index in [4.69, 9.17) is 4.74 Å². The highest BCUT2D eigenvalue weighted by atomic mass is 32.2. The van der Waals surface area contributed by atoms with Crippen LogP contribution in [0, 0.1) is 0 Å². The summed E-state index contributed by atoms with van der Waals surface area (Å²) in [7, 11) is 1.62. The van der Waals surface area contributed by atoms with E-state index in [0.717, 1.165) is 10.4 Å². The number of hydrogen-bond donors (Lipinski definition) is 2. The molecule has 0 saturated carbocycles. The molecule has 0 saturated heterocycles. The summed E-state index contributed by atoms with van der Waals surface area (Å²) in [6.45, 7) is 1.05. The minimum atomic E-state index is -0.278. The molecule has 1 aromatic carbocycles. The molecule has 0 aliphatic carbocycles. The predicted octanol–water partition coefficient (Wildman–Crippen LogP) is 2.67. The number of aromatic nitrogens is 3. The highest BCUT2D eigenvalue weighted by molar-refractivity contribution is 7.99. The molecule has 0 bridgehead atoms. The number of rotatable bonds is 10. The van der Waals surface area contributed by atoms with E-state index in [9.17, 15) is 9.59 Å². The number of carbonyl (C=O) groups excluding carboxylic acids is 1. The largest absolute Gasteiger partial charge is 0.385 e. The van der Waals surface area contributed by atoms with Gasteiger partial charge in [-0.25, -0.2) is 9.89 Å². The maximum absolute atomic E-state index is 12.6. The number of benzene rings is 1. The highest BCUT2D eigenvalue weighted by Gasteiger charge is 2.18. The molecule has 7 nitrogen and oxygen atoms in total. The lowest BCUT2D eigenvalue weighted by Gasteiger charge is -2.18. The van der Waals surface area contributed by atoms with Gasteiger partial charge in [0.2, 0.25) is 5.91 Å². The molecule has 3 rings (SSSR count). The van der Waals surface area contributed by atoms with E-state index in [0.29, 0.717) is 24.7 Å². The minimum Gasteiger partial charge on any atom is -0.385 e. The summed E-state index contributed by atoms with van der Waals surface area (Å²) < 4.78 is 6.56. The maximum Gasteiger partial charge on any atom is 0.343 e. The van der Waals surface area contributed by atoms with Gasteiger partial charge in [-0.1, -0.05) is 48.2 Å². The molecule has 9 heteroatoms. The van der Waals surface area contributed by atoms with Gasteiger partial charge in [0.05, 0.1) is 11.8 Å². The fraction of sp³-hybridized carbons (Fsp3) is 0.316. The first-order valence-corrected chi connectivity index (χ1v) is 10.7. The Morgan fingerprint density at radius 3 is 2.86 bits per heavy atom. The smallest absolute Gasteiger partial charge is 0.343 e. The Kier molecular flexibility index (Phi) is 7.46. The van der Waals surface area contributed by atoms with Crippen LogP contribution in [0.1, 0.15) is 22.9 Å². The van der Waals surface area contributed by atoms with Crippen molar-refractivity contribution in [3.63, 3.8) is 0 Å². The summed E-state index contributed by atoms with van der Waals surface area (Å²) in [5, 5.41) is 12.1. The standard InChI is InChI=1S/C19H22N4O3S2/c1-26-11-6-10-23-18(25)21-22-19(23)28-13-16(24)20-17(15-9-5-12-27-15)14-7-3-2-4-8-14/h2-5,7-9,12,17H,6,10-11,13H2,1H3,(H,20,24)(H,21,25)/t17-/m1/s1. The normalized spacial score (nSPS) is 12.0. The average Bonchev–Trinajstić information content (AvgIpc) is 3.36. The van der Waals surface area contributed by atoms with Gasteiger partial charge in [-0.05, 0) is 23.4 Å². The average molecular weight is 419 g/mol. The van der Waals surface area contributed by atoms with E-state index in [-0.39, 0.29) is 23.4 Å². The van der Waals surface area contributed by atoms with Gasteiger partial charge in [-0.3, -0.25) is 9.36 Å². The minimum absolute atomic E-state index is 0.119. The molecule has 0 aliphatic rings. The van der Waals surface area contributed by atoms with Crippen molar-refractivity contribution in [2.45, 2.75) is 24.2 Å². The number of H-pyrrole nitrogens is 1. The van der Waals surface area contributed by atoms with Crippen LogP contribution in [0.5, 0.6) is 0 Å². The molecule has 0 unspecified atom stereocenters. The second kappa shape index (κ2) is 10.3. The first kappa shape index (κ1) is 20.4. The highest BCUT2D eigenvalue weighted by Crippen LogP contribution is 2.26. The lowest BCUT2D eigenvalue weighted by molar-refractivity contribution is -0.119. The number of methoxy groups -OCH3 is 1. The van der Waals surface area contributed by atoms with Crippen LogP contribution in [0.2, 0.25) is 0 Å². The zero-order valence-electron chi connectivity index (χ0n) is 15.5. The van der Waals surface area contributed by atoms with Gasteiger partial charge in [-0.15, -0.1) is 16.4 Å². The van der Waals surface area contributed by atoms with Gasteiger partial charge in [0, 0.05) is 25.1 Å². The van der Waals surface area contributed by atoms with Crippen LogP contribution in [0.15, 0.2) is 57.8 Å². The number of amides is 1. The topological polar surface area (TPSA) is 89.0 Å². The zero-order valence-corrected chi connectivity index (χ0v) is 17.1. The van der Waals surface area contributed by atoms with Crippen molar-refractivity contribution in [3.05, 3.63) is 68.8 Å². The van der Waals surface area contributed by atoms with Crippen molar-refractivity contribution >= 4 is 29.0 Å². The van der Waals surface area contributed by atoms with Crippen molar-refractivity contribution in [3.8, 4) is 0 Å². The van der Waals surface area contributed by atoms with E-state index < -0.39 is 0 Å². The van der Waals surface area contributed by atoms with Gasteiger partial charge >= 0.3 is 5.69 Å². The van der Waals surface area contributed by atoms with Crippen LogP contribution in [0.3, 0.4) is 0 Å². The van der Waals surface area contributed by atoms with Gasteiger partial charge in [0.25, 0.3) is 0 Å². The van der Waals surface area contributed by atoms with Crippen LogP contribution in [0.4, 0.5) is 0 Å². The van der Waals surface area contributed by atoms with Crippen molar-refractivity contribution < 1.29 is 9.53 Å². The van der Waals surface area contributed by atoms with Gasteiger partial charge in [-0.2, -0.15) is 0 Å². The Labute approximate surface area is 171 Å². The maximum atomic E-state index is 12.6. The van der Waals surface area contributed by atoms with Crippen molar-refractivity contribution in [1.82, 2.24) is 20.1 Å². The first-order chi connectivity index (χ1) is 13.7. The summed E-state index contributed by atoms with van der Waals surface area (Å²) in [6.07, 6.45) is 0.699. The Morgan fingerprint density at radius 1 is 1.32 bits per heavy atom. The summed E-state index contributed by atoms with van der Waals surface area (Å²) in [6, 6.07) is 13.7. The van der Waals surface area contributed by atoms with E-state index >= 15 is 0 Å². The summed E-state index contributed by atoms with van der Waals surface area (Å²) in [5.41, 5.74) is 0.749. The molecule has 2 heterocycles. The lowest BCUT2D eigenvalue weighted by atomic mass is 10.1. The summed E-state index contributed by atoms with van der Waals surface area (Å²) in [4.78, 5) is 25.6. The first-order valence-electron chi connectivity index (χ1n) is 8.83. The molecular weight excluding hydrogens is 396 g/mol. The zero-order chi connectivity index (χ0) is 19.8. The van der Waals surface area contributed by atoms with Gasteiger partial charge in [0.15, 0.2) is 5.16 Å². The lowest BCUT2D eigenvalue weighted by Crippen LogP contribution is -2.30. The third kappa shape index (κ3) is 5.34. The molecule has 1 atom stereocenters. The molecular formula is C19H22N4O3S2. The van der Waals surface area contributed by atoms with E-state index in [1.165, 1.54) is 16.3 Å². The number of thioether (sulfide) groups is 1. The van der Waals surface area contributed by atoms with Crippen molar-refractivity contribution in [2.24, 2.45) is 0 Å². The van der Waals surface area contributed by atoms with E-state index in [2.05, 4.69) is 15.5 Å². The van der Waals surface area contributed by atoms with Crippen LogP contribution < -0.4 is 11.0 Å². The summed E-state index contributed by atoms with van der Waals surface area (Å²) >= 11 is 2.84. The fourth-order valence-electron chi connectivity index (χ4n) is 2.73. The molecule has 0 fully saturated rings. The predicted molar refractivity (Wildman–Crippen MR) is 111 cm³/mol. The fourth-order valence-corrected chi connectivity index (χ4v) is 4.32. The van der Waals surface area contributed by atoms with Crippen molar-refractivity contribution in [2.75, 3.05) is 19.5 Å². The molecule has 0 radical (unpaired) electrons. The molecule has 0 spiro atoms. The Bertz CT molecular complexity index is 922. The summed E-state index contributed by atoms with van der Waals surface area (Å²) in [5.74, 6) is 0.0506. The number of nitrogens with one attached hydrogen (secondary N) is 2. The molecule has 1 amide bonds. The number of thiophene rings is 1. The van der Waals surface area contributed by atoms with E-state index in [1.807, 2.05) is 47.8 Å². The molecule has 148 valence electrons. The third-order valence-corrected chi connectivity index (χ3v) is 5.97. The van der Waals surface area contributed by atoms with Gasteiger partial charge in [0.1, 0.15) is 0 Å². The quantitative estimate of drug-likeness (QED) is 0.390. The number of hydrogen-bond acceptors (Lipinski definition) is 6. The van der Waals surface area contributed by atoms with Crippen LogP contribution >= 0.6 is 23.1 Å². The van der Waals surface area contributed by atoms with Crippen LogP contribution in [-0.2, 0) is 16.1 Å². The molecule has 3 aromatic rings. The monoisotopic (exact) mass is 418 g/mol. The second-order valence-corrected chi connectivity index (χ2v) is 7.95. The number of carbonyl (C=O) groups is 1. The third-order valence-electron chi connectivity index (χ3n) is 4.05. The Balaban J connectivity index is 1.64. The SMILES string of the molecule is COCCCn1c(SCC(=O)N[C@H](c2ccccc2)c2cccs2)n[nH]c1=O. The van der Waals surface area contributed by atoms with Gasteiger partial charge < -0.3 is 10.1 Å². The molecule has 2 aromatic heterocycles. The molecule has 28 heavy (non-hydrogen) atoms. The molecule has 2 N–H and O–H groups in total. The second-order valence-electron chi connectivity index (χ2n) is 6.02. The Hall–Kier alpha value is -2.36.